The van der Waals surface area contributed by atoms with E-state index in [9.17, 15) is 9.18 Å². The Balaban J connectivity index is 1.70. The monoisotopic (exact) mass is 405 g/mol. The number of nitrogens with zero attached hydrogens (tertiary/aromatic N) is 2. The molecule has 1 unspecified atom stereocenters. The van der Waals surface area contributed by atoms with Crippen LogP contribution in [0, 0.1) is 5.82 Å². The summed E-state index contributed by atoms with van der Waals surface area (Å²) in [5.41, 5.74) is 1.40. The van der Waals surface area contributed by atoms with Crippen molar-refractivity contribution in [3.8, 4) is 0 Å². The summed E-state index contributed by atoms with van der Waals surface area (Å²) in [6, 6.07) is 15.0. The third kappa shape index (κ3) is 4.66. The number of halogens is 2. The van der Waals surface area contributed by atoms with Crippen molar-refractivity contribution in [1.82, 2.24) is 9.80 Å². The molecule has 0 bridgehead atoms. The average Bonchev–Trinajstić information content (AvgIpc) is 2.60. The Labute approximate surface area is 155 Å². The summed E-state index contributed by atoms with van der Waals surface area (Å²) in [6.07, 6.45) is 0. The molecule has 0 spiro atoms. The van der Waals surface area contributed by atoms with Gasteiger partial charge in [0.15, 0.2) is 0 Å². The molecule has 1 atom stereocenters. The first-order valence-corrected chi connectivity index (χ1v) is 9.04. The highest BCUT2D eigenvalue weighted by Gasteiger charge is 2.28. The number of carbonyl (C=O) groups excluding carboxylic acids is 1. The topological polar surface area (TPSA) is 35.6 Å². The fourth-order valence-corrected chi connectivity index (χ4v) is 3.44. The lowest BCUT2D eigenvalue weighted by Crippen LogP contribution is -2.49. The highest BCUT2D eigenvalue weighted by atomic mass is 79.9. The lowest BCUT2D eigenvalue weighted by molar-refractivity contribution is -0.118. The number of hydrogen-bond donors (Lipinski definition) is 1. The van der Waals surface area contributed by atoms with Gasteiger partial charge in [-0.25, -0.2) is 4.39 Å². The fraction of sp³-hybridized carbons (Fsp3) is 0.316. The molecule has 1 amide bonds. The Morgan fingerprint density at radius 1 is 1.24 bits per heavy atom. The van der Waals surface area contributed by atoms with Crippen LogP contribution in [0.4, 0.5) is 10.1 Å². The first kappa shape index (κ1) is 18.0. The van der Waals surface area contributed by atoms with E-state index < -0.39 is 5.82 Å². The van der Waals surface area contributed by atoms with E-state index in [0.29, 0.717) is 4.47 Å². The SMILES string of the molecule is CN1CCN(CC(=O)Nc2ccc(Br)cc2F)C(c2ccccc2)C1. The van der Waals surface area contributed by atoms with E-state index in [4.69, 9.17) is 0 Å². The van der Waals surface area contributed by atoms with E-state index in [1.807, 2.05) is 18.2 Å². The number of benzene rings is 2. The molecular formula is C19H21BrFN3O. The number of rotatable bonds is 4. The normalized spacial score (nSPS) is 18.9. The third-order valence-corrected chi connectivity index (χ3v) is 4.92. The summed E-state index contributed by atoms with van der Waals surface area (Å²) >= 11 is 3.22. The highest BCUT2D eigenvalue weighted by Crippen LogP contribution is 2.25. The predicted molar refractivity (Wildman–Crippen MR) is 101 cm³/mol. The summed E-state index contributed by atoms with van der Waals surface area (Å²) in [4.78, 5) is 16.8. The van der Waals surface area contributed by atoms with Gasteiger partial charge in [0.05, 0.1) is 12.2 Å². The molecule has 1 N–H and O–H groups in total. The van der Waals surface area contributed by atoms with Gasteiger partial charge in [0.2, 0.25) is 5.91 Å². The number of carbonyl (C=O) groups is 1. The largest absolute Gasteiger partial charge is 0.322 e. The van der Waals surface area contributed by atoms with Gasteiger partial charge < -0.3 is 10.2 Å². The van der Waals surface area contributed by atoms with E-state index >= 15 is 0 Å². The molecule has 0 radical (unpaired) electrons. The molecule has 1 saturated heterocycles. The molecule has 2 aromatic rings. The Morgan fingerprint density at radius 2 is 2.00 bits per heavy atom. The molecule has 1 aliphatic rings. The first-order valence-electron chi connectivity index (χ1n) is 8.25. The van der Waals surface area contributed by atoms with Gasteiger partial charge in [-0.2, -0.15) is 0 Å². The minimum absolute atomic E-state index is 0.153. The molecule has 4 nitrogen and oxygen atoms in total. The van der Waals surface area contributed by atoms with Crippen LogP contribution in [0.5, 0.6) is 0 Å². The second kappa shape index (κ2) is 8.08. The third-order valence-electron chi connectivity index (χ3n) is 4.43. The molecule has 3 rings (SSSR count). The lowest BCUT2D eigenvalue weighted by Gasteiger charge is -2.39. The first-order chi connectivity index (χ1) is 12.0. The number of nitrogens with one attached hydrogen (secondary N) is 1. The van der Waals surface area contributed by atoms with Gasteiger partial charge in [-0.05, 0) is 30.8 Å². The fourth-order valence-electron chi connectivity index (χ4n) is 3.10. The molecule has 6 heteroatoms. The molecule has 1 fully saturated rings. The van der Waals surface area contributed by atoms with Crippen LogP contribution < -0.4 is 5.32 Å². The number of amides is 1. The zero-order valence-electron chi connectivity index (χ0n) is 14.1. The lowest BCUT2D eigenvalue weighted by atomic mass is 10.0. The standard InChI is InChI=1S/C19H21BrFN3O/c1-23-9-10-24(18(12-23)14-5-3-2-4-6-14)13-19(25)22-17-8-7-15(20)11-16(17)21/h2-8,11,18H,9-10,12-13H2,1H3,(H,22,25). The Kier molecular flexibility index (Phi) is 5.83. The Hall–Kier alpha value is -1.76. The summed E-state index contributed by atoms with van der Waals surface area (Å²) in [5, 5.41) is 2.68. The van der Waals surface area contributed by atoms with Crippen LogP contribution in [0.15, 0.2) is 53.0 Å². The number of piperazine rings is 1. The van der Waals surface area contributed by atoms with Crippen molar-refractivity contribution in [2.45, 2.75) is 6.04 Å². The zero-order chi connectivity index (χ0) is 17.8. The minimum Gasteiger partial charge on any atom is -0.322 e. The van der Waals surface area contributed by atoms with Crippen molar-refractivity contribution in [2.24, 2.45) is 0 Å². The molecule has 0 aromatic heterocycles. The maximum Gasteiger partial charge on any atom is 0.238 e. The summed E-state index contributed by atoms with van der Waals surface area (Å²) in [5.74, 6) is -0.646. The van der Waals surface area contributed by atoms with Crippen LogP contribution in [0.1, 0.15) is 11.6 Å². The van der Waals surface area contributed by atoms with E-state index in [0.717, 1.165) is 19.6 Å². The van der Waals surface area contributed by atoms with E-state index in [-0.39, 0.29) is 24.2 Å². The van der Waals surface area contributed by atoms with E-state index in [2.05, 4.69) is 50.2 Å². The van der Waals surface area contributed by atoms with Gasteiger partial charge >= 0.3 is 0 Å². The van der Waals surface area contributed by atoms with Gasteiger partial charge in [0.25, 0.3) is 0 Å². The molecular weight excluding hydrogens is 385 g/mol. The maximum atomic E-state index is 13.9. The molecule has 2 aromatic carbocycles. The second-order valence-corrected chi connectivity index (χ2v) is 7.25. The smallest absolute Gasteiger partial charge is 0.238 e. The van der Waals surface area contributed by atoms with Gasteiger partial charge in [-0.15, -0.1) is 0 Å². The van der Waals surface area contributed by atoms with Crippen LogP contribution in [0.3, 0.4) is 0 Å². The minimum atomic E-state index is -0.444. The Morgan fingerprint density at radius 3 is 2.72 bits per heavy atom. The average molecular weight is 406 g/mol. The summed E-state index contributed by atoms with van der Waals surface area (Å²) < 4.78 is 14.6. The van der Waals surface area contributed by atoms with Crippen LogP contribution in [-0.2, 0) is 4.79 Å². The molecule has 25 heavy (non-hydrogen) atoms. The molecule has 1 aliphatic heterocycles. The van der Waals surface area contributed by atoms with Gasteiger partial charge in [0.1, 0.15) is 5.82 Å². The van der Waals surface area contributed by atoms with Crippen molar-refractivity contribution in [1.29, 1.82) is 0 Å². The van der Waals surface area contributed by atoms with Crippen molar-refractivity contribution in [3.63, 3.8) is 0 Å². The molecule has 132 valence electrons. The zero-order valence-corrected chi connectivity index (χ0v) is 15.7. The van der Waals surface area contributed by atoms with Crippen LogP contribution in [0.2, 0.25) is 0 Å². The van der Waals surface area contributed by atoms with E-state index in [1.165, 1.54) is 11.6 Å². The molecule has 0 saturated carbocycles. The van der Waals surface area contributed by atoms with E-state index in [1.54, 1.807) is 12.1 Å². The number of anilines is 1. The van der Waals surface area contributed by atoms with Crippen molar-refractivity contribution in [3.05, 3.63) is 64.4 Å². The molecule has 0 aliphatic carbocycles. The van der Waals surface area contributed by atoms with Gasteiger partial charge in [0, 0.05) is 30.1 Å². The van der Waals surface area contributed by atoms with Crippen LogP contribution in [-0.4, -0.2) is 48.9 Å². The summed E-state index contributed by atoms with van der Waals surface area (Å²) in [6.45, 7) is 2.81. The van der Waals surface area contributed by atoms with Crippen molar-refractivity contribution >= 4 is 27.5 Å². The highest BCUT2D eigenvalue weighted by molar-refractivity contribution is 9.10. The van der Waals surface area contributed by atoms with Crippen LogP contribution in [0.25, 0.3) is 0 Å². The van der Waals surface area contributed by atoms with Gasteiger partial charge in [-0.1, -0.05) is 46.3 Å². The van der Waals surface area contributed by atoms with Crippen molar-refractivity contribution in [2.75, 3.05) is 38.5 Å². The number of likely N-dealkylation sites (N-methyl/N-ethyl adjacent to an activating group) is 1. The Bertz CT molecular complexity index is 741. The quantitative estimate of drug-likeness (QED) is 0.844. The molecule has 1 heterocycles. The maximum absolute atomic E-state index is 13.9. The second-order valence-electron chi connectivity index (χ2n) is 6.33. The number of hydrogen-bond acceptors (Lipinski definition) is 3. The predicted octanol–water partition coefficient (Wildman–Crippen LogP) is 3.52. The summed E-state index contributed by atoms with van der Waals surface area (Å²) in [7, 11) is 2.09. The van der Waals surface area contributed by atoms with Crippen molar-refractivity contribution < 1.29 is 9.18 Å². The van der Waals surface area contributed by atoms with Gasteiger partial charge in [-0.3, -0.25) is 9.69 Å². The van der Waals surface area contributed by atoms with Crippen LogP contribution >= 0.6 is 15.9 Å².